The van der Waals surface area contributed by atoms with Gasteiger partial charge in [-0.3, -0.25) is 9.78 Å². The highest BCUT2D eigenvalue weighted by atomic mass is 35.5. The average molecular weight is 424 g/mol. The monoisotopic (exact) mass is 423 g/mol. The van der Waals surface area contributed by atoms with Crippen molar-refractivity contribution in [1.82, 2.24) is 9.97 Å². The number of halogens is 2. The Morgan fingerprint density at radius 2 is 1.93 bits per heavy atom. The molecule has 4 nitrogen and oxygen atoms in total. The van der Waals surface area contributed by atoms with Gasteiger partial charge in [-0.1, -0.05) is 11.6 Å². The molecule has 2 saturated carbocycles. The lowest BCUT2D eigenvalue weighted by molar-refractivity contribution is -0.118. The number of aryl methyl sites for hydroxylation is 1. The second kappa shape index (κ2) is 7.31. The summed E-state index contributed by atoms with van der Waals surface area (Å²) in [6.45, 7) is 1.77. The van der Waals surface area contributed by atoms with E-state index in [1.807, 2.05) is 18.3 Å². The lowest BCUT2D eigenvalue weighted by Gasteiger charge is -2.30. The molecule has 30 heavy (non-hydrogen) atoms. The summed E-state index contributed by atoms with van der Waals surface area (Å²) in [5.74, 6) is 0.327. The molecule has 0 bridgehead atoms. The molecule has 0 saturated heterocycles. The first-order chi connectivity index (χ1) is 14.4. The van der Waals surface area contributed by atoms with Crippen LogP contribution < -0.4 is 5.32 Å². The summed E-state index contributed by atoms with van der Waals surface area (Å²) in [6.07, 6.45) is 8.42. The van der Waals surface area contributed by atoms with E-state index in [2.05, 4.69) is 15.3 Å². The molecule has 2 aliphatic rings. The van der Waals surface area contributed by atoms with Crippen LogP contribution in [0.2, 0.25) is 5.15 Å². The highest BCUT2D eigenvalue weighted by Crippen LogP contribution is 2.63. The molecule has 0 aliphatic heterocycles. The Bertz CT molecular complexity index is 1140. The number of aromatic nitrogens is 2. The number of amides is 1. The molecule has 1 spiro atoms. The first kappa shape index (κ1) is 19.4. The third kappa shape index (κ3) is 3.45. The third-order valence-corrected chi connectivity index (χ3v) is 7.18. The van der Waals surface area contributed by atoms with Crippen LogP contribution in [0.4, 0.5) is 10.1 Å². The summed E-state index contributed by atoms with van der Waals surface area (Å²) in [6, 6.07) is 8.91. The normalized spacial score (nSPS) is 25.4. The van der Waals surface area contributed by atoms with Crippen LogP contribution in [0, 0.1) is 24.1 Å². The van der Waals surface area contributed by atoms with Crippen molar-refractivity contribution in [3.05, 3.63) is 64.8 Å². The Morgan fingerprint density at radius 1 is 1.17 bits per heavy atom. The zero-order chi connectivity index (χ0) is 20.9. The molecular weight excluding hydrogens is 401 g/mol. The fraction of sp³-hybridized carbons (Fsp3) is 0.375. The smallest absolute Gasteiger partial charge is 0.228 e. The SMILES string of the molecule is Cc1cc2nccc(C3CCC4(CC3)CC4C(=O)Nc3ccnc(Cl)c3)c2cc1F. The number of carbonyl (C=O) groups excluding carboxylic acids is 1. The predicted molar refractivity (Wildman–Crippen MR) is 116 cm³/mol. The minimum atomic E-state index is -0.181. The molecule has 1 N–H and O–H groups in total. The Kier molecular flexibility index (Phi) is 4.73. The van der Waals surface area contributed by atoms with Crippen molar-refractivity contribution in [1.29, 1.82) is 0 Å². The number of nitrogens with one attached hydrogen (secondary N) is 1. The number of benzene rings is 1. The van der Waals surface area contributed by atoms with Crippen LogP contribution in [0.15, 0.2) is 42.7 Å². The van der Waals surface area contributed by atoms with Gasteiger partial charge in [0.05, 0.1) is 5.52 Å². The van der Waals surface area contributed by atoms with Crippen LogP contribution in [0.3, 0.4) is 0 Å². The Morgan fingerprint density at radius 3 is 2.70 bits per heavy atom. The van der Waals surface area contributed by atoms with Gasteiger partial charge in [0.15, 0.2) is 0 Å². The summed E-state index contributed by atoms with van der Waals surface area (Å²) in [5.41, 5.74) is 3.46. The average Bonchev–Trinajstić information content (AvgIpc) is 3.43. The van der Waals surface area contributed by atoms with E-state index in [0.29, 0.717) is 22.3 Å². The van der Waals surface area contributed by atoms with E-state index in [1.54, 1.807) is 31.3 Å². The van der Waals surface area contributed by atoms with E-state index in [0.717, 1.165) is 43.0 Å². The minimum absolute atomic E-state index is 0.0552. The van der Waals surface area contributed by atoms with Gasteiger partial charge < -0.3 is 5.32 Å². The van der Waals surface area contributed by atoms with E-state index in [1.165, 1.54) is 5.56 Å². The lowest BCUT2D eigenvalue weighted by Crippen LogP contribution is -2.22. The van der Waals surface area contributed by atoms with Gasteiger partial charge in [-0.15, -0.1) is 0 Å². The number of pyridine rings is 2. The number of fused-ring (bicyclic) bond motifs is 1. The maximum atomic E-state index is 14.2. The molecule has 2 fully saturated rings. The molecule has 1 amide bonds. The fourth-order valence-corrected chi connectivity index (χ4v) is 5.31. The van der Waals surface area contributed by atoms with E-state index >= 15 is 0 Å². The number of rotatable bonds is 3. The van der Waals surface area contributed by atoms with Gasteiger partial charge in [-0.2, -0.15) is 0 Å². The van der Waals surface area contributed by atoms with E-state index in [-0.39, 0.29) is 23.1 Å². The van der Waals surface area contributed by atoms with Crippen molar-refractivity contribution in [2.24, 2.45) is 11.3 Å². The molecule has 1 atom stereocenters. The first-order valence-electron chi connectivity index (χ1n) is 10.4. The Labute approximate surface area is 179 Å². The second-order valence-corrected chi connectivity index (χ2v) is 9.16. The zero-order valence-corrected chi connectivity index (χ0v) is 17.5. The van der Waals surface area contributed by atoms with E-state index < -0.39 is 0 Å². The third-order valence-electron chi connectivity index (χ3n) is 6.98. The molecule has 2 heterocycles. The topological polar surface area (TPSA) is 54.9 Å². The number of anilines is 1. The molecule has 1 unspecified atom stereocenters. The quantitative estimate of drug-likeness (QED) is 0.523. The van der Waals surface area contributed by atoms with Gasteiger partial charge in [-0.05, 0) is 91.8 Å². The van der Waals surface area contributed by atoms with Gasteiger partial charge in [-0.25, -0.2) is 9.37 Å². The summed E-state index contributed by atoms with van der Waals surface area (Å²) < 4.78 is 14.2. The molecular formula is C24H23ClFN3O. The van der Waals surface area contributed by atoms with E-state index in [4.69, 9.17) is 11.6 Å². The van der Waals surface area contributed by atoms with Gasteiger partial charge in [0, 0.05) is 29.4 Å². The largest absolute Gasteiger partial charge is 0.326 e. The van der Waals surface area contributed by atoms with Crippen LogP contribution >= 0.6 is 11.6 Å². The van der Waals surface area contributed by atoms with Crippen LogP contribution in [0.5, 0.6) is 0 Å². The van der Waals surface area contributed by atoms with Crippen molar-refractivity contribution < 1.29 is 9.18 Å². The van der Waals surface area contributed by atoms with Crippen molar-refractivity contribution >= 4 is 34.1 Å². The molecule has 3 aromatic rings. The number of nitrogens with zero attached hydrogens (tertiary/aromatic N) is 2. The summed E-state index contributed by atoms with van der Waals surface area (Å²) in [4.78, 5) is 21.1. The Hall–Kier alpha value is -2.53. The molecule has 2 aromatic heterocycles. The number of hydrogen-bond acceptors (Lipinski definition) is 3. The zero-order valence-electron chi connectivity index (χ0n) is 16.8. The molecule has 5 rings (SSSR count). The van der Waals surface area contributed by atoms with Crippen LogP contribution in [0.25, 0.3) is 10.9 Å². The molecule has 1 aromatic carbocycles. The first-order valence-corrected chi connectivity index (χ1v) is 10.8. The van der Waals surface area contributed by atoms with E-state index in [9.17, 15) is 9.18 Å². The highest BCUT2D eigenvalue weighted by Gasteiger charge is 2.58. The standard InChI is InChI=1S/C24H23ClFN3O/c1-14-10-21-18(12-20(14)26)17(5-9-27-21)15-2-6-24(7-3-15)13-19(24)23(30)29-16-4-8-28-22(25)11-16/h4-5,8-12,15,19H,2-3,6-7,13H2,1H3,(H,28,29,30). The molecule has 0 radical (unpaired) electrons. The summed E-state index contributed by atoms with van der Waals surface area (Å²) >= 11 is 5.91. The predicted octanol–water partition coefficient (Wildman–Crippen LogP) is 6.03. The highest BCUT2D eigenvalue weighted by molar-refractivity contribution is 6.29. The Balaban J connectivity index is 1.28. The summed E-state index contributed by atoms with van der Waals surface area (Å²) in [7, 11) is 0. The van der Waals surface area contributed by atoms with Crippen LogP contribution in [-0.2, 0) is 4.79 Å². The van der Waals surface area contributed by atoms with Crippen molar-refractivity contribution in [3.63, 3.8) is 0 Å². The van der Waals surface area contributed by atoms with Crippen LogP contribution in [0.1, 0.15) is 49.1 Å². The second-order valence-electron chi connectivity index (χ2n) is 8.77. The number of hydrogen-bond donors (Lipinski definition) is 1. The molecule has 154 valence electrons. The lowest BCUT2D eigenvalue weighted by atomic mass is 9.75. The van der Waals surface area contributed by atoms with Crippen molar-refractivity contribution in [3.8, 4) is 0 Å². The van der Waals surface area contributed by atoms with Gasteiger partial charge in [0.25, 0.3) is 0 Å². The summed E-state index contributed by atoms with van der Waals surface area (Å²) in [5, 5.41) is 4.27. The van der Waals surface area contributed by atoms with Crippen LogP contribution in [-0.4, -0.2) is 15.9 Å². The van der Waals surface area contributed by atoms with Gasteiger partial charge >= 0.3 is 0 Å². The minimum Gasteiger partial charge on any atom is -0.326 e. The molecule has 2 aliphatic carbocycles. The van der Waals surface area contributed by atoms with Crippen molar-refractivity contribution in [2.75, 3.05) is 5.32 Å². The maximum Gasteiger partial charge on any atom is 0.228 e. The van der Waals surface area contributed by atoms with Crippen molar-refractivity contribution in [2.45, 2.75) is 44.9 Å². The fourth-order valence-electron chi connectivity index (χ4n) is 5.13. The number of carbonyl (C=O) groups is 1. The van der Waals surface area contributed by atoms with Gasteiger partial charge in [0.2, 0.25) is 5.91 Å². The maximum absolute atomic E-state index is 14.2. The molecule has 6 heteroatoms. The van der Waals surface area contributed by atoms with Gasteiger partial charge in [0.1, 0.15) is 11.0 Å².